The highest BCUT2D eigenvalue weighted by molar-refractivity contribution is 5.90. The Morgan fingerprint density at radius 1 is 1.33 bits per heavy atom. The molecule has 1 aliphatic rings. The zero-order valence-corrected chi connectivity index (χ0v) is 14.1. The summed E-state index contributed by atoms with van der Waals surface area (Å²) in [7, 11) is 0. The minimum atomic E-state index is -0.858. The third kappa shape index (κ3) is 5.48. The number of ether oxygens (including phenoxy) is 1. The average molecular weight is 333 g/mol. The van der Waals surface area contributed by atoms with Crippen LogP contribution in [-0.2, 0) is 14.3 Å². The van der Waals surface area contributed by atoms with Gasteiger partial charge in [0.1, 0.15) is 5.82 Å². The SMILES string of the molecule is C[C@H](OC(=O)/C=C/c1cccc(F)c1)C(=O)N[C@@H]1CCCC[C@@H]1C. The highest BCUT2D eigenvalue weighted by Crippen LogP contribution is 2.23. The van der Waals surface area contributed by atoms with Crippen LogP contribution in [0.15, 0.2) is 30.3 Å². The van der Waals surface area contributed by atoms with E-state index in [0.717, 1.165) is 19.3 Å². The molecule has 0 saturated heterocycles. The number of nitrogens with one attached hydrogen (secondary N) is 1. The Hall–Kier alpha value is -2.17. The predicted octanol–water partition coefficient (Wildman–Crippen LogP) is 3.47. The number of halogens is 1. The van der Waals surface area contributed by atoms with Crippen LogP contribution in [0.3, 0.4) is 0 Å². The van der Waals surface area contributed by atoms with Gasteiger partial charge in [-0.05, 0) is 49.5 Å². The van der Waals surface area contributed by atoms with Gasteiger partial charge in [0.2, 0.25) is 0 Å². The van der Waals surface area contributed by atoms with E-state index in [-0.39, 0.29) is 17.8 Å². The van der Waals surface area contributed by atoms with Gasteiger partial charge in [-0.2, -0.15) is 0 Å². The third-order valence-corrected chi connectivity index (χ3v) is 4.36. The summed E-state index contributed by atoms with van der Waals surface area (Å²) in [5, 5.41) is 2.97. The van der Waals surface area contributed by atoms with Crippen LogP contribution in [0.5, 0.6) is 0 Å². The molecule has 0 spiro atoms. The molecule has 130 valence electrons. The summed E-state index contributed by atoms with van der Waals surface area (Å²) in [5.74, 6) is -0.835. The first kappa shape index (κ1) is 18.2. The summed E-state index contributed by atoms with van der Waals surface area (Å²) in [6.07, 6.45) is 6.18. The molecule has 1 aliphatic carbocycles. The van der Waals surface area contributed by atoms with E-state index >= 15 is 0 Å². The monoisotopic (exact) mass is 333 g/mol. The molecule has 1 N–H and O–H groups in total. The molecule has 1 fully saturated rings. The fourth-order valence-electron chi connectivity index (χ4n) is 2.87. The van der Waals surface area contributed by atoms with Crippen molar-refractivity contribution >= 4 is 18.0 Å². The van der Waals surface area contributed by atoms with Crippen LogP contribution in [-0.4, -0.2) is 24.0 Å². The molecule has 1 aromatic rings. The van der Waals surface area contributed by atoms with Crippen molar-refractivity contribution < 1.29 is 18.7 Å². The number of esters is 1. The second-order valence-electron chi connectivity index (χ2n) is 6.34. The second-order valence-corrected chi connectivity index (χ2v) is 6.34. The second kappa shape index (κ2) is 8.62. The molecule has 0 aliphatic heterocycles. The molecule has 1 aromatic carbocycles. The molecule has 3 atom stereocenters. The molecule has 2 rings (SSSR count). The Kier molecular flexibility index (Phi) is 6.53. The molecule has 0 radical (unpaired) electrons. The number of amides is 1. The number of rotatable bonds is 5. The Morgan fingerprint density at radius 2 is 2.08 bits per heavy atom. The van der Waals surface area contributed by atoms with Crippen molar-refractivity contribution in [1.82, 2.24) is 5.32 Å². The average Bonchev–Trinajstić information content (AvgIpc) is 2.55. The highest BCUT2D eigenvalue weighted by atomic mass is 19.1. The van der Waals surface area contributed by atoms with Crippen molar-refractivity contribution in [3.63, 3.8) is 0 Å². The van der Waals surface area contributed by atoms with Gasteiger partial charge in [0, 0.05) is 12.1 Å². The molecule has 5 heteroatoms. The fourth-order valence-corrected chi connectivity index (χ4v) is 2.87. The zero-order valence-electron chi connectivity index (χ0n) is 14.1. The van der Waals surface area contributed by atoms with Crippen molar-refractivity contribution in [2.24, 2.45) is 5.92 Å². The first-order chi connectivity index (χ1) is 11.5. The molecule has 1 saturated carbocycles. The normalized spacial score (nSPS) is 22.1. The van der Waals surface area contributed by atoms with Crippen LogP contribution in [0.2, 0.25) is 0 Å². The summed E-state index contributed by atoms with van der Waals surface area (Å²) in [6, 6.07) is 6.02. The highest BCUT2D eigenvalue weighted by Gasteiger charge is 2.25. The number of carbonyl (C=O) groups excluding carboxylic acids is 2. The molecule has 1 amide bonds. The van der Waals surface area contributed by atoms with Gasteiger partial charge >= 0.3 is 5.97 Å². The van der Waals surface area contributed by atoms with E-state index in [1.165, 1.54) is 30.7 Å². The lowest BCUT2D eigenvalue weighted by Crippen LogP contribution is -2.45. The molecule has 0 aromatic heterocycles. The minimum Gasteiger partial charge on any atom is -0.449 e. The van der Waals surface area contributed by atoms with Crippen molar-refractivity contribution in [2.45, 2.75) is 51.7 Å². The van der Waals surface area contributed by atoms with Gasteiger partial charge in [-0.1, -0.05) is 31.9 Å². The summed E-state index contributed by atoms with van der Waals surface area (Å²) < 4.78 is 18.2. The molecular weight excluding hydrogens is 309 g/mol. The van der Waals surface area contributed by atoms with E-state index in [2.05, 4.69) is 12.2 Å². The molecule has 0 bridgehead atoms. The van der Waals surface area contributed by atoms with Gasteiger partial charge in [-0.25, -0.2) is 9.18 Å². The van der Waals surface area contributed by atoms with Crippen LogP contribution in [0.4, 0.5) is 4.39 Å². The van der Waals surface area contributed by atoms with Crippen LogP contribution >= 0.6 is 0 Å². The first-order valence-electron chi connectivity index (χ1n) is 8.40. The molecule has 0 heterocycles. The van der Waals surface area contributed by atoms with Gasteiger partial charge in [-0.3, -0.25) is 4.79 Å². The van der Waals surface area contributed by atoms with Crippen LogP contribution in [0, 0.1) is 11.7 Å². The van der Waals surface area contributed by atoms with E-state index in [4.69, 9.17) is 4.74 Å². The summed E-state index contributed by atoms with van der Waals surface area (Å²) in [4.78, 5) is 23.9. The summed E-state index contributed by atoms with van der Waals surface area (Å²) in [6.45, 7) is 3.68. The van der Waals surface area contributed by atoms with Gasteiger partial charge in [0.05, 0.1) is 0 Å². The first-order valence-corrected chi connectivity index (χ1v) is 8.40. The van der Waals surface area contributed by atoms with Gasteiger partial charge in [0.15, 0.2) is 6.10 Å². The van der Waals surface area contributed by atoms with E-state index in [0.29, 0.717) is 11.5 Å². The lowest BCUT2D eigenvalue weighted by atomic mass is 9.86. The van der Waals surface area contributed by atoms with Gasteiger partial charge in [0.25, 0.3) is 5.91 Å². The van der Waals surface area contributed by atoms with E-state index in [1.54, 1.807) is 19.1 Å². The molecular formula is C19H24FNO3. The van der Waals surface area contributed by atoms with Crippen LogP contribution < -0.4 is 5.32 Å². The Morgan fingerprint density at radius 3 is 2.79 bits per heavy atom. The number of benzene rings is 1. The topological polar surface area (TPSA) is 55.4 Å². The smallest absolute Gasteiger partial charge is 0.331 e. The standard InChI is InChI=1S/C19H24FNO3/c1-13-6-3-4-9-17(13)21-19(23)14(2)24-18(22)11-10-15-7-5-8-16(20)12-15/h5,7-8,10-14,17H,3-4,6,9H2,1-2H3,(H,21,23)/b11-10+/t13-,14-,17+/m0/s1. The quantitative estimate of drug-likeness (QED) is 0.663. The summed E-state index contributed by atoms with van der Waals surface area (Å²) in [5.41, 5.74) is 0.556. The maximum absolute atomic E-state index is 13.1. The van der Waals surface area contributed by atoms with Crippen LogP contribution in [0.25, 0.3) is 6.08 Å². The van der Waals surface area contributed by atoms with Gasteiger partial charge in [-0.15, -0.1) is 0 Å². The van der Waals surface area contributed by atoms with Crippen molar-refractivity contribution in [1.29, 1.82) is 0 Å². The summed E-state index contributed by atoms with van der Waals surface area (Å²) >= 11 is 0. The lowest BCUT2D eigenvalue weighted by molar-refractivity contribution is -0.150. The van der Waals surface area contributed by atoms with Crippen molar-refractivity contribution in [3.8, 4) is 0 Å². The zero-order chi connectivity index (χ0) is 17.5. The third-order valence-electron chi connectivity index (χ3n) is 4.36. The molecule has 4 nitrogen and oxygen atoms in total. The Balaban J connectivity index is 1.83. The Labute approximate surface area is 142 Å². The van der Waals surface area contributed by atoms with Crippen molar-refractivity contribution in [3.05, 3.63) is 41.7 Å². The molecule has 24 heavy (non-hydrogen) atoms. The maximum atomic E-state index is 13.1. The number of hydrogen-bond donors (Lipinski definition) is 1. The fraction of sp³-hybridized carbons (Fsp3) is 0.474. The van der Waals surface area contributed by atoms with E-state index < -0.39 is 12.1 Å². The number of hydrogen-bond acceptors (Lipinski definition) is 3. The van der Waals surface area contributed by atoms with E-state index in [9.17, 15) is 14.0 Å². The van der Waals surface area contributed by atoms with Crippen LogP contribution in [0.1, 0.15) is 45.1 Å². The minimum absolute atomic E-state index is 0.148. The largest absolute Gasteiger partial charge is 0.449 e. The number of carbonyl (C=O) groups is 2. The van der Waals surface area contributed by atoms with E-state index in [1.807, 2.05) is 0 Å². The van der Waals surface area contributed by atoms with Crippen molar-refractivity contribution in [2.75, 3.05) is 0 Å². The lowest BCUT2D eigenvalue weighted by Gasteiger charge is -2.30. The predicted molar refractivity (Wildman–Crippen MR) is 90.6 cm³/mol. The molecule has 0 unspecified atom stereocenters. The maximum Gasteiger partial charge on any atom is 0.331 e. The van der Waals surface area contributed by atoms with Gasteiger partial charge < -0.3 is 10.1 Å². The Bertz CT molecular complexity index is 614.